The van der Waals surface area contributed by atoms with E-state index in [1.54, 1.807) is 24.9 Å². The van der Waals surface area contributed by atoms with Gasteiger partial charge in [0.05, 0.1) is 5.52 Å². The third-order valence-corrected chi connectivity index (χ3v) is 6.87. The number of aryl methyl sites for hydroxylation is 4. The molecule has 0 aliphatic carbocycles. The Morgan fingerprint density at radius 2 is 1.61 bits per heavy atom. The molecule has 1 N–H and O–H groups in total. The average molecular weight is 438 g/mol. The molecule has 2 aromatic carbocycles. The average Bonchev–Trinajstić information content (AvgIpc) is 3.38. The van der Waals surface area contributed by atoms with Gasteiger partial charge in [-0.2, -0.15) is 0 Å². The first-order valence-corrected chi connectivity index (χ1v) is 10.7. The van der Waals surface area contributed by atoms with Gasteiger partial charge in [-0.1, -0.05) is 18.2 Å². The number of fused-ring (bicyclic) bond motifs is 5. The van der Waals surface area contributed by atoms with E-state index in [1.165, 1.54) is 11.6 Å². The monoisotopic (exact) mass is 438 g/mol. The first-order chi connectivity index (χ1) is 15.8. The molecule has 8 heteroatoms. The lowest BCUT2D eigenvalue weighted by Gasteiger charge is -2.13. The number of aromatic amines is 1. The van der Waals surface area contributed by atoms with Gasteiger partial charge in [-0.05, 0) is 42.5 Å². The number of pyridine rings is 1. The second kappa shape index (κ2) is 6.41. The summed E-state index contributed by atoms with van der Waals surface area (Å²) >= 11 is 0. The largest absolute Gasteiger partial charge is 0.354 e. The van der Waals surface area contributed by atoms with Crippen LogP contribution < -0.4 is 11.2 Å². The first-order valence-electron chi connectivity index (χ1n) is 10.7. The smallest absolute Gasteiger partial charge is 0.332 e. The molecule has 0 aliphatic heterocycles. The summed E-state index contributed by atoms with van der Waals surface area (Å²) < 4.78 is 4.25. The van der Waals surface area contributed by atoms with Crippen molar-refractivity contribution in [2.45, 2.75) is 13.8 Å². The van der Waals surface area contributed by atoms with Crippen molar-refractivity contribution in [2.24, 2.45) is 21.1 Å². The predicted octanol–water partition coefficient (Wildman–Crippen LogP) is 3.44. The normalized spacial score (nSPS) is 12.0. The number of H-pyrrole nitrogens is 1. The fourth-order valence-electron chi connectivity index (χ4n) is 5.13. The minimum absolute atomic E-state index is 0.349. The van der Waals surface area contributed by atoms with Crippen LogP contribution in [0, 0.1) is 13.8 Å². The molecule has 0 saturated heterocycles. The summed E-state index contributed by atoms with van der Waals surface area (Å²) in [5.74, 6) is 0.551. The summed E-state index contributed by atoms with van der Waals surface area (Å²) in [6.45, 7) is 4.21. The highest BCUT2D eigenvalue weighted by atomic mass is 16.2. The van der Waals surface area contributed by atoms with Crippen LogP contribution in [0.1, 0.15) is 11.1 Å². The maximum atomic E-state index is 12.9. The van der Waals surface area contributed by atoms with E-state index in [4.69, 9.17) is 9.97 Å². The van der Waals surface area contributed by atoms with E-state index in [0.29, 0.717) is 22.7 Å². The summed E-state index contributed by atoms with van der Waals surface area (Å²) in [6, 6.07) is 10.3. The second-order valence-electron chi connectivity index (χ2n) is 8.63. The van der Waals surface area contributed by atoms with Crippen molar-refractivity contribution >= 4 is 43.7 Å². The maximum absolute atomic E-state index is 12.9. The summed E-state index contributed by atoms with van der Waals surface area (Å²) in [6.07, 6.45) is 1.77. The number of rotatable bonds is 1. The number of hydrogen-bond donors (Lipinski definition) is 1. The van der Waals surface area contributed by atoms with E-state index in [9.17, 15) is 9.59 Å². The van der Waals surface area contributed by atoms with E-state index in [1.807, 2.05) is 18.2 Å². The number of nitrogens with one attached hydrogen (secondary N) is 1. The molecular formula is C25H22N6O2. The van der Waals surface area contributed by atoms with E-state index in [0.717, 1.165) is 48.3 Å². The Hall–Kier alpha value is -4.20. The Bertz CT molecular complexity index is 1920. The Labute approximate surface area is 187 Å². The van der Waals surface area contributed by atoms with Crippen LogP contribution in [-0.2, 0) is 21.1 Å². The van der Waals surface area contributed by atoms with E-state index in [-0.39, 0.29) is 5.56 Å². The summed E-state index contributed by atoms with van der Waals surface area (Å²) in [5.41, 5.74) is 5.06. The predicted molar refractivity (Wildman–Crippen MR) is 131 cm³/mol. The van der Waals surface area contributed by atoms with Gasteiger partial charge < -0.3 is 9.55 Å². The third kappa shape index (κ3) is 2.35. The molecule has 164 valence electrons. The van der Waals surface area contributed by atoms with Gasteiger partial charge in [-0.15, -0.1) is 0 Å². The third-order valence-electron chi connectivity index (χ3n) is 6.87. The van der Waals surface area contributed by atoms with E-state index in [2.05, 4.69) is 31.0 Å². The van der Waals surface area contributed by atoms with Crippen LogP contribution in [0.5, 0.6) is 0 Å². The van der Waals surface area contributed by atoms with Gasteiger partial charge in [0.2, 0.25) is 0 Å². The van der Waals surface area contributed by atoms with Gasteiger partial charge in [0, 0.05) is 49.0 Å². The fourth-order valence-corrected chi connectivity index (χ4v) is 5.13. The van der Waals surface area contributed by atoms with Crippen LogP contribution in [0.3, 0.4) is 0 Å². The minimum Gasteiger partial charge on any atom is -0.354 e. The van der Waals surface area contributed by atoms with Gasteiger partial charge in [0.15, 0.2) is 17.0 Å². The lowest BCUT2D eigenvalue weighted by Crippen LogP contribution is -2.37. The van der Waals surface area contributed by atoms with Crippen LogP contribution in [0.2, 0.25) is 0 Å². The van der Waals surface area contributed by atoms with Crippen molar-refractivity contribution in [1.82, 2.24) is 28.7 Å². The highest BCUT2D eigenvalue weighted by Gasteiger charge is 2.23. The Morgan fingerprint density at radius 3 is 2.39 bits per heavy atom. The molecule has 8 nitrogen and oxygen atoms in total. The van der Waals surface area contributed by atoms with Crippen molar-refractivity contribution in [1.29, 1.82) is 0 Å². The van der Waals surface area contributed by atoms with Crippen molar-refractivity contribution in [3.05, 3.63) is 68.5 Å². The van der Waals surface area contributed by atoms with Gasteiger partial charge in [0.25, 0.3) is 5.56 Å². The molecule has 0 fully saturated rings. The van der Waals surface area contributed by atoms with E-state index >= 15 is 0 Å². The SMILES string of the molecule is Cc1c2ccnc(-c3nc4c(c(=O)n(C)c(=O)n4C)n3C)c2c(C)c2c1[nH]c1ccccc12. The van der Waals surface area contributed by atoms with Crippen LogP contribution in [0.25, 0.3) is 55.3 Å². The molecule has 0 bridgehead atoms. The first kappa shape index (κ1) is 19.5. The maximum Gasteiger partial charge on any atom is 0.332 e. The second-order valence-corrected chi connectivity index (χ2v) is 8.63. The summed E-state index contributed by atoms with van der Waals surface area (Å²) in [7, 11) is 4.90. The van der Waals surface area contributed by atoms with Crippen LogP contribution in [-0.4, -0.2) is 28.7 Å². The molecule has 4 heterocycles. The van der Waals surface area contributed by atoms with Gasteiger partial charge in [0.1, 0.15) is 5.69 Å². The zero-order valence-corrected chi connectivity index (χ0v) is 19.0. The Balaban J connectivity index is 1.82. The lowest BCUT2D eigenvalue weighted by atomic mass is 9.94. The quantitative estimate of drug-likeness (QED) is 0.426. The van der Waals surface area contributed by atoms with Crippen molar-refractivity contribution in [3.8, 4) is 11.5 Å². The lowest BCUT2D eigenvalue weighted by molar-refractivity contribution is 0.705. The van der Waals surface area contributed by atoms with E-state index < -0.39 is 5.69 Å². The number of para-hydroxylation sites is 1. The highest BCUT2D eigenvalue weighted by Crippen LogP contribution is 2.39. The zero-order chi connectivity index (χ0) is 23.2. The van der Waals surface area contributed by atoms with Crippen LogP contribution in [0.4, 0.5) is 0 Å². The molecule has 33 heavy (non-hydrogen) atoms. The number of benzene rings is 2. The molecule has 0 saturated carbocycles. The standard InChI is InChI=1S/C25H22N6O2/c1-12-14-10-11-26-20(17(14)13(2)18-15-8-6-7-9-16(15)27-19(12)18)22-28-23-21(29(22)3)24(32)31(5)25(33)30(23)4/h6-11,27H,1-5H3. The van der Waals surface area contributed by atoms with Crippen LogP contribution in [0.15, 0.2) is 46.1 Å². The van der Waals surface area contributed by atoms with Crippen molar-refractivity contribution in [2.75, 3.05) is 0 Å². The Kier molecular flexibility index (Phi) is 3.79. The highest BCUT2D eigenvalue weighted by molar-refractivity contribution is 6.18. The van der Waals surface area contributed by atoms with Crippen LogP contribution >= 0.6 is 0 Å². The van der Waals surface area contributed by atoms with Crippen molar-refractivity contribution < 1.29 is 0 Å². The van der Waals surface area contributed by atoms with Crippen molar-refractivity contribution in [3.63, 3.8) is 0 Å². The van der Waals surface area contributed by atoms with Gasteiger partial charge in [-0.25, -0.2) is 9.78 Å². The fraction of sp³-hybridized carbons (Fsp3) is 0.200. The van der Waals surface area contributed by atoms with Gasteiger partial charge in [-0.3, -0.25) is 18.9 Å². The molecule has 6 aromatic rings. The number of imidazole rings is 1. The topological polar surface area (TPSA) is 90.5 Å². The summed E-state index contributed by atoms with van der Waals surface area (Å²) in [5, 5.41) is 4.39. The summed E-state index contributed by atoms with van der Waals surface area (Å²) in [4.78, 5) is 38.4. The zero-order valence-electron chi connectivity index (χ0n) is 19.0. The molecule has 0 aliphatic rings. The number of nitrogens with zero attached hydrogens (tertiary/aromatic N) is 5. The number of aromatic nitrogens is 6. The molecule has 4 aromatic heterocycles. The molecule has 0 atom stereocenters. The molecule has 0 amide bonds. The molecule has 0 radical (unpaired) electrons. The number of hydrogen-bond acceptors (Lipinski definition) is 4. The molecule has 0 spiro atoms. The molecule has 0 unspecified atom stereocenters. The van der Waals surface area contributed by atoms with Gasteiger partial charge >= 0.3 is 5.69 Å². The molecular weight excluding hydrogens is 416 g/mol. The molecule has 6 rings (SSSR count). The minimum atomic E-state index is -0.407. The Morgan fingerprint density at radius 1 is 0.848 bits per heavy atom.